The van der Waals surface area contributed by atoms with Crippen molar-refractivity contribution in [2.75, 3.05) is 0 Å². The molecule has 0 radical (unpaired) electrons. The standard InChI is InChI=1S/C15H16N2/c1-2-12-8-10-13(11-9-12)15(16)17-14-6-4-3-5-7-14/h3-11H,2H2,1H3,(H2,16,17). The highest BCUT2D eigenvalue weighted by atomic mass is 14.9. The minimum absolute atomic E-state index is 0.554. The van der Waals surface area contributed by atoms with E-state index in [9.17, 15) is 0 Å². The van der Waals surface area contributed by atoms with E-state index < -0.39 is 0 Å². The highest BCUT2D eigenvalue weighted by molar-refractivity contribution is 5.99. The van der Waals surface area contributed by atoms with Gasteiger partial charge in [-0.3, -0.25) is 0 Å². The molecule has 0 spiro atoms. The van der Waals surface area contributed by atoms with E-state index in [1.807, 2.05) is 42.5 Å². The summed E-state index contributed by atoms with van der Waals surface area (Å²) in [5.74, 6) is 0.554. The number of nitrogens with two attached hydrogens (primary N) is 1. The normalized spacial score (nSPS) is 11.5. The van der Waals surface area contributed by atoms with Crippen molar-refractivity contribution in [3.63, 3.8) is 0 Å². The highest BCUT2D eigenvalue weighted by Crippen LogP contribution is 2.12. The molecule has 2 aromatic rings. The van der Waals surface area contributed by atoms with Gasteiger partial charge < -0.3 is 5.73 Å². The molecule has 0 bridgehead atoms. The highest BCUT2D eigenvalue weighted by Gasteiger charge is 1.98. The molecule has 17 heavy (non-hydrogen) atoms. The summed E-state index contributed by atoms with van der Waals surface area (Å²) in [6, 6.07) is 17.9. The Morgan fingerprint density at radius 3 is 2.24 bits per heavy atom. The van der Waals surface area contributed by atoms with Crippen LogP contribution in [-0.2, 0) is 6.42 Å². The summed E-state index contributed by atoms with van der Waals surface area (Å²) in [5, 5.41) is 0. The lowest BCUT2D eigenvalue weighted by Gasteiger charge is -2.02. The van der Waals surface area contributed by atoms with E-state index in [2.05, 4.69) is 24.0 Å². The van der Waals surface area contributed by atoms with E-state index in [4.69, 9.17) is 5.73 Å². The van der Waals surface area contributed by atoms with Crippen molar-refractivity contribution >= 4 is 11.5 Å². The molecule has 2 N–H and O–H groups in total. The van der Waals surface area contributed by atoms with Crippen LogP contribution in [0.4, 0.5) is 5.69 Å². The molecule has 0 amide bonds. The van der Waals surface area contributed by atoms with Gasteiger partial charge in [0.2, 0.25) is 0 Å². The quantitative estimate of drug-likeness (QED) is 0.630. The maximum atomic E-state index is 5.97. The van der Waals surface area contributed by atoms with Gasteiger partial charge in [-0.1, -0.05) is 49.4 Å². The minimum Gasteiger partial charge on any atom is -0.383 e. The first kappa shape index (κ1) is 11.4. The van der Waals surface area contributed by atoms with Crippen molar-refractivity contribution < 1.29 is 0 Å². The molecular weight excluding hydrogens is 208 g/mol. The van der Waals surface area contributed by atoms with Crippen LogP contribution in [0.2, 0.25) is 0 Å². The topological polar surface area (TPSA) is 38.4 Å². The number of benzene rings is 2. The Morgan fingerprint density at radius 1 is 1.00 bits per heavy atom. The first-order valence-corrected chi connectivity index (χ1v) is 5.78. The number of aliphatic imine (C=N–C) groups is 1. The SMILES string of the molecule is CCc1ccc(C(N)=Nc2ccccc2)cc1. The van der Waals surface area contributed by atoms with E-state index in [-0.39, 0.29) is 0 Å². The zero-order chi connectivity index (χ0) is 12.1. The summed E-state index contributed by atoms with van der Waals surface area (Å²) in [6.07, 6.45) is 1.04. The molecule has 0 aliphatic rings. The molecular formula is C15H16N2. The van der Waals surface area contributed by atoms with Crippen LogP contribution < -0.4 is 5.73 Å². The molecule has 0 saturated heterocycles. The maximum absolute atomic E-state index is 5.97. The molecule has 86 valence electrons. The lowest BCUT2D eigenvalue weighted by atomic mass is 10.1. The number of nitrogens with zero attached hydrogens (tertiary/aromatic N) is 1. The summed E-state index contributed by atoms with van der Waals surface area (Å²) in [4.78, 5) is 4.38. The Morgan fingerprint density at radius 2 is 1.65 bits per heavy atom. The largest absolute Gasteiger partial charge is 0.383 e. The summed E-state index contributed by atoms with van der Waals surface area (Å²) in [7, 11) is 0. The van der Waals surface area contributed by atoms with Gasteiger partial charge in [0.1, 0.15) is 5.84 Å². The van der Waals surface area contributed by atoms with Gasteiger partial charge in [-0.15, -0.1) is 0 Å². The second kappa shape index (κ2) is 5.30. The molecule has 0 aliphatic carbocycles. The Hall–Kier alpha value is -2.09. The zero-order valence-electron chi connectivity index (χ0n) is 9.93. The lowest BCUT2D eigenvalue weighted by molar-refractivity contribution is 1.14. The number of amidine groups is 1. The van der Waals surface area contributed by atoms with Crippen LogP contribution in [-0.4, -0.2) is 5.84 Å². The number of aryl methyl sites for hydroxylation is 1. The average Bonchev–Trinajstić information content (AvgIpc) is 2.40. The van der Waals surface area contributed by atoms with Crippen LogP contribution in [0.5, 0.6) is 0 Å². The number of hydrogen-bond donors (Lipinski definition) is 1. The average molecular weight is 224 g/mol. The third kappa shape index (κ3) is 2.94. The predicted octanol–water partition coefficient (Wildman–Crippen LogP) is 3.29. The first-order chi connectivity index (χ1) is 8.29. The smallest absolute Gasteiger partial charge is 0.131 e. The van der Waals surface area contributed by atoms with Crippen LogP contribution in [0.1, 0.15) is 18.1 Å². The molecule has 2 rings (SSSR count). The molecule has 0 aromatic heterocycles. The monoisotopic (exact) mass is 224 g/mol. The lowest BCUT2D eigenvalue weighted by Crippen LogP contribution is -2.12. The summed E-state index contributed by atoms with van der Waals surface area (Å²) in [6.45, 7) is 2.14. The number of hydrogen-bond acceptors (Lipinski definition) is 1. The van der Waals surface area contributed by atoms with E-state index in [1.165, 1.54) is 5.56 Å². The minimum atomic E-state index is 0.554. The van der Waals surface area contributed by atoms with Crippen molar-refractivity contribution in [3.05, 3.63) is 65.7 Å². The summed E-state index contributed by atoms with van der Waals surface area (Å²) < 4.78 is 0. The van der Waals surface area contributed by atoms with Gasteiger partial charge in [-0.2, -0.15) is 0 Å². The third-order valence-corrected chi connectivity index (χ3v) is 2.66. The van der Waals surface area contributed by atoms with E-state index in [1.54, 1.807) is 0 Å². The number of rotatable bonds is 3. The van der Waals surface area contributed by atoms with Crippen LogP contribution >= 0.6 is 0 Å². The number of para-hydroxylation sites is 1. The van der Waals surface area contributed by atoms with Gasteiger partial charge in [0.15, 0.2) is 0 Å². The second-order valence-corrected chi connectivity index (χ2v) is 3.88. The second-order valence-electron chi connectivity index (χ2n) is 3.88. The Bertz CT molecular complexity index is 498. The van der Waals surface area contributed by atoms with Crippen LogP contribution in [0.3, 0.4) is 0 Å². The summed E-state index contributed by atoms with van der Waals surface area (Å²) in [5.41, 5.74) is 9.12. The molecule has 0 fully saturated rings. The van der Waals surface area contributed by atoms with Gasteiger partial charge in [0, 0.05) is 5.56 Å². The van der Waals surface area contributed by atoms with E-state index in [0.717, 1.165) is 17.7 Å². The Kier molecular flexibility index (Phi) is 3.55. The Labute approximate surface area is 102 Å². The molecule has 2 aromatic carbocycles. The van der Waals surface area contributed by atoms with Crippen molar-refractivity contribution in [2.45, 2.75) is 13.3 Å². The fourth-order valence-electron chi connectivity index (χ4n) is 1.62. The van der Waals surface area contributed by atoms with E-state index >= 15 is 0 Å². The van der Waals surface area contributed by atoms with Crippen molar-refractivity contribution in [1.82, 2.24) is 0 Å². The maximum Gasteiger partial charge on any atom is 0.131 e. The summed E-state index contributed by atoms with van der Waals surface area (Å²) >= 11 is 0. The molecule has 2 nitrogen and oxygen atoms in total. The Balaban J connectivity index is 2.24. The first-order valence-electron chi connectivity index (χ1n) is 5.78. The molecule has 0 aliphatic heterocycles. The molecule has 0 unspecified atom stereocenters. The van der Waals surface area contributed by atoms with Crippen LogP contribution in [0, 0.1) is 0 Å². The van der Waals surface area contributed by atoms with Gasteiger partial charge in [0.25, 0.3) is 0 Å². The van der Waals surface area contributed by atoms with Crippen molar-refractivity contribution in [2.24, 2.45) is 10.7 Å². The predicted molar refractivity (Wildman–Crippen MR) is 72.6 cm³/mol. The fourth-order valence-corrected chi connectivity index (χ4v) is 1.62. The van der Waals surface area contributed by atoms with Crippen molar-refractivity contribution in [1.29, 1.82) is 0 Å². The van der Waals surface area contributed by atoms with Gasteiger partial charge in [-0.05, 0) is 24.1 Å². The molecule has 0 atom stereocenters. The molecule has 0 heterocycles. The van der Waals surface area contributed by atoms with Gasteiger partial charge >= 0.3 is 0 Å². The van der Waals surface area contributed by atoms with Crippen LogP contribution in [0.15, 0.2) is 59.6 Å². The fraction of sp³-hybridized carbons (Fsp3) is 0.133. The zero-order valence-corrected chi connectivity index (χ0v) is 9.93. The van der Waals surface area contributed by atoms with Crippen molar-refractivity contribution in [3.8, 4) is 0 Å². The van der Waals surface area contributed by atoms with Gasteiger partial charge in [-0.25, -0.2) is 4.99 Å². The third-order valence-electron chi connectivity index (χ3n) is 2.66. The van der Waals surface area contributed by atoms with E-state index in [0.29, 0.717) is 5.84 Å². The molecule has 2 heteroatoms. The molecule has 0 saturated carbocycles. The van der Waals surface area contributed by atoms with Gasteiger partial charge in [0.05, 0.1) is 5.69 Å². The van der Waals surface area contributed by atoms with Crippen LogP contribution in [0.25, 0.3) is 0 Å².